The third-order valence-electron chi connectivity index (χ3n) is 2.39. The summed E-state index contributed by atoms with van der Waals surface area (Å²) in [7, 11) is -3.85. The van der Waals surface area contributed by atoms with Crippen LogP contribution in [-0.2, 0) is 10.2 Å². The number of anilines is 1. The van der Waals surface area contributed by atoms with Gasteiger partial charge in [0, 0.05) is 5.54 Å². The van der Waals surface area contributed by atoms with Gasteiger partial charge in [-0.1, -0.05) is 6.07 Å². The van der Waals surface area contributed by atoms with Gasteiger partial charge in [-0.05, 0) is 51.8 Å². The van der Waals surface area contributed by atoms with E-state index in [0.717, 1.165) is 5.56 Å². The van der Waals surface area contributed by atoms with Crippen LogP contribution in [0.15, 0.2) is 12.1 Å². The van der Waals surface area contributed by atoms with Crippen LogP contribution in [-0.4, -0.2) is 25.0 Å². The fourth-order valence-electron chi connectivity index (χ4n) is 1.83. The lowest BCUT2D eigenvalue weighted by atomic mass is 10.0. The van der Waals surface area contributed by atoms with Crippen LogP contribution in [0, 0.1) is 13.8 Å². The van der Waals surface area contributed by atoms with Crippen molar-refractivity contribution in [3.05, 3.63) is 28.8 Å². The van der Waals surface area contributed by atoms with Gasteiger partial charge in [0.05, 0.1) is 11.3 Å². The van der Waals surface area contributed by atoms with E-state index >= 15 is 0 Å². The van der Waals surface area contributed by atoms with E-state index in [1.54, 1.807) is 40.7 Å². The van der Waals surface area contributed by atoms with E-state index in [1.165, 1.54) is 6.07 Å². The minimum Gasteiger partial charge on any atom is -0.478 e. The van der Waals surface area contributed by atoms with Crippen molar-refractivity contribution in [2.45, 2.75) is 40.2 Å². The van der Waals surface area contributed by atoms with Gasteiger partial charge in [0.2, 0.25) is 0 Å². The Kier molecular flexibility index (Phi) is 4.45. The highest BCUT2D eigenvalue weighted by molar-refractivity contribution is 7.90. The Balaban J connectivity index is 3.25. The Bertz CT molecular complexity index is 631. The molecule has 0 heterocycles. The van der Waals surface area contributed by atoms with Crippen LogP contribution in [0.2, 0.25) is 0 Å². The zero-order valence-corrected chi connectivity index (χ0v) is 13.1. The van der Waals surface area contributed by atoms with Crippen LogP contribution in [0.1, 0.15) is 42.3 Å². The molecule has 0 saturated carbocycles. The maximum Gasteiger partial charge on any atom is 0.337 e. The lowest BCUT2D eigenvalue weighted by Crippen LogP contribution is -2.43. The molecule has 0 bridgehead atoms. The van der Waals surface area contributed by atoms with Crippen molar-refractivity contribution < 1.29 is 18.3 Å². The van der Waals surface area contributed by atoms with Crippen molar-refractivity contribution in [2.75, 3.05) is 4.72 Å². The molecule has 6 nitrogen and oxygen atoms in total. The molecule has 0 atom stereocenters. The second-order valence-electron chi connectivity index (χ2n) is 5.77. The van der Waals surface area contributed by atoms with Crippen LogP contribution >= 0.6 is 0 Å². The number of carboxylic acids is 1. The molecule has 0 fully saturated rings. The highest BCUT2D eigenvalue weighted by atomic mass is 32.2. The highest BCUT2D eigenvalue weighted by Crippen LogP contribution is 2.24. The van der Waals surface area contributed by atoms with Crippen molar-refractivity contribution in [3.63, 3.8) is 0 Å². The fourth-order valence-corrected chi connectivity index (χ4v) is 3.23. The van der Waals surface area contributed by atoms with Crippen LogP contribution in [0.3, 0.4) is 0 Å². The van der Waals surface area contributed by atoms with Crippen molar-refractivity contribution in [1.29, 1.82) is 0 Å². The summed E-state index contributed by atoms with van der Waals surface area (Å²) in [4.78, 5) is 11.2. The average molecular weight is 300 g/mol. The Morgan fingerprint density at radius 1 is 1.20 bits per heavy atom. The number of nitrogens with one attached hydrogen (secondary N) is 2. The maximum absolute atomic E-state index is 12.0. The summed E-state index contributed by atoms with van der Waals surface area (Å²) in [5.74, 6) is -1.18. The molecule has 0 aliphatic heterocycles. The number of carboxylic acid groups (broad SMARTS) is 1. The first-order valence-corrected chi connectivity index (χ1v) is 7.56. The Morgan fingerprint density at radius 2 is 1.75 bits per heavy atom. The summed E-state index contributed by atoms with van der Waals surface area (Å²) in [5, 5.41) is 9.19. The quantitative estimate of drug-likeness (QED) is 0.793. The number of rotatable bonds is 4. The highest BCUT2D eigenvalue weighted by Gasteiger charge is 2.23. The Morgan fingerprint density at radius 3 is 2.20 bits per heavy atom. The minimum atomic E-state index is -3.85. The first-order valence-electron chi connectivity index (χ1n) is 6.07. The SMILES string of the molecule is Cc1cc(C)c(NS(=O)(=O)NC(C)(C)C)c(C(=O)O)c1. The summed E-state index contributed by atoms with van der Waals surface area (Å²) in [6.45, 7) is 8.52. The van der Waals surface area contributed by atoms with Crippen molar-refractivity contribution >= 4 is 21.9 Å². The van der Waals surface area contributed by atoms with Gasteiger partial charge in [-0.15, -0.1) is 0 Å². The van der Waals surface area contributed by atoms with Crippen molar-refractivity contribution in [2.24, 2.45) is 0 Å². The van der Waals surface area contributed by atoms with Gasteiger partial charge >= 0.3 is 5.97 Å². The van der Waals surface area contributed by atoms with Crippen LogP contribution in [0.4, 0.5) is 5.69 Å². The number of hydrogen-bond donors (Lipinski definition) is 3. The molecule has 0 amide bonds. The molecule has 0 radical (unpaired) electrons. The van der Waals surface area contributed by atoms with Crippen LogP contribution < -0.4 is 9.44 Å². The lowest BCUT2D eigenvalue weighted by molar-refractivity contribution is 0.0698. The van der Waals surface area contributed by atoms with E-state index < -0.39 is 21.7 Å². The molecule has 0 saturated heterocycles. The first kappa shape index (κ1) is 16.5. The second-order valence-corrected chi connectivity index (χ2v) is 7.18. The molecule has 1 aromatic carbocycles. The number of hydrogen-bond acceptors (Lipinski definition) is 3. The summed E-state index contributed by atoms with van der Waals surface area (Å²) < 4.78 is 28.7. The topological polar surface area (TPSA) is 95.5 Å². The molecule has 0 aromatic heterocycles. The molecule has 3 N–H and O–H groups in total. The summed E-state index contributed by atoms with van der Waals surface area (Å²) >= 11 is 0. The molecule has 1 rings (SSSR count). The maximum atomic E-state index is 12.0. The molecule has 0 aliphatic carbocycles. The lowest BCUT2D eigenvalue weighted by Gasteiger charge is -2.22. The average Bonchev–Trinajstić information content (AvgIpc) is 2.17. The van der Waals surface area contributed by atoms with E-state index in [0.29, 0.717) is 5.56 Å². The summed E-state index contributed by atoms with van der Waals surface area (Å²) in [6.07, 6.45) is 0. The van der Waals surface area contributed by atoms with Gasteiger partial charge in [0.1, 0.15) is 0 Å². The molecule has 112 valence electrons. The second kappa shape index (κ2) is 5.41. The minimum absolute atomic E-state index is 0.0678. The third-order valence-corrected chi connectivity index (χ3v) is 3.74. The van der Waals surface area contributed by atoms with Gasteiger partial charge in [-0.3, -0.25) is 4.72 Å². The van der Waals surface area contributed by atoms with E-state index in [-0.39, 0.29) is 11.3 Å². The predicted octanol–water partition coefficient (Wildman–Crippen LogP) is 2.05. The monoisotopic (exact) mass is 300 g/mol. The van der Waals surface area contributed by atoms with Crippen molar-refractivity contribution in [3.8, 4) is 0 Å². The molecule has 1 aromatic rings. The van der Waals surface area contributed by atoms with Gasteiger partial charge in [-0.2, -0.15) is 13.1 Å². The number of aromatic carboxylic acids is 1. The van der Waals surface area contributed by atoms with Gasteiger partial charge in [-0.25, -0.2) is 4.79 Å². The van der Waals surface area contributed by atoms with Gasteiger partial charge in [0.25, 0.3) is 10.2 Å². The van der Waals surface area contributed by atoms with Gasteiger partial charge < -0.3 is 5.11 Å². The number of carbonyl (C=O) groups is 1. The smallest absolute Gasteiger partial charge is 0.337 e. The largest absolute Gasteiger partial charge is 0.478 e. The third kappa shape index (κ3) is 4.50. The predicted molar refractivity (Wildman–Crippen MR) is 78.3 cm³/mol. The molecule has 7 heteroatoms. The molecular formula is C13H20N2O4S. The molecule has 0 unspecified atom stereocenters. The van der Waals surface area contributed by atoms with E-state index in [4.69, 9.17) is 0 Å². The zero-order valence-electron chi connectivity index (χ0n) is 12.2. The van der Waals surface area contributed by atoms with E-state index in [2.05, 4.69) is 9.44 Å². The van der Waals surface area contributed by atoms with E-state index in [9.17, 15) is 18.3 Å². The van der Waals surface area contributed by atoms with Crippen molar-refractivity contribution in [1.82, 2.24) is 4.72 Å². The Hall–Kier alpha value is -1.60. The molecular weight excluding hydrogens is 280 g/mol. The van der Waals surface area contributed by atoms with Crippen LogP contribution in [0.25, 0.3) is 0 Å². The number of benzene rings is 1. The molecule has 0 aliphatic rings. The standard InChI is InChI=1S/C13H20N2O4S/c1-8-6-9(2)11(10(7-8)12(16)17)14-20(18,19)15-13(3,4)5/h6-7,14-15H,1-5H3,(H,16,17). The first-order chi connectivity index (χ1) is 8.91. The van der Waals surface area contributed by atoms with E-state index in [1.807, 2.05) is 0 Å². The zero-order chi connectivity index (χ0) is 15.7. The molecule has 0 spiro atoms. The van der Waals surface area contributed by atoms with Gasteiger partial charge in [0.15, 0.2) is 0 Å². The fraction of sp³-hybridized carbons (Fsp3) is 0.462. The van der Waals surface area contributed by atoms with Crippen LogP contribution in [0.5, 0.6) is 0 Å². The normalized spacial score (nSPS) is 12.2. The summed E-state index contributed by atoms with van der Waals surface area (Å²) in [5.41, 5.74) is 0.670. The molecule has 20 heavy (non-hydrogen) atoms. The Labute approximate surface area is 119 Å². The summed E-state index contributed by atoms with van der Waals surface area (Å²) in [6, 6.07) is 3.16. The number of aryl methyl sites for hydroxylation is 2.